The molecule has 6 heteroatoms. The Labute approximate surface area is 151 Å². The van der Waals surface area contributed by atoms with E-state index in [1.54, 1.807) is 12.1 Å². The van der Waals surface area contributed by atoms with Gasteiger partial charge in [0.25, 0.3) is 11.8 Å². The number of pyridine rings is 1. The Kier molecular flexibility index (Phi) is 5.66. The van der Waals surface area contributed by atoms with E-state index in [1.807, 2.05) is 18.2 Å². The molecule has 0 radical (unpaired) electrons. The van der Waals surface area contributed by atoms with E-state index in [4.69, 9.17) is 11.6 Å². The number of aromatic nitrogens is 1. The van der Waals surface area contributed by atoms with Gasteiger partial charge < -0.3 is 10.6 Å². The molecule has 5 nitrogen and oxygen atoms in total. The normalized spacial score (nSPS) is 14.3. The van der Waals surface area contributed by atoms with Crippen molar-refractivity contribution in [1.82, 2.24) is 15.6 Å². The number of nitrogens with zero attached hydrogens (tertiary/aromatic N) is 1. The molecule has 0 atom stereocenters. The quantitative estimate of drug-likeness (QED) is 0.862. The first kappa shape index (κ1) is 17.4. The minimum atomic E-state index is -0.266. The van der Waals surface area contributed by atoms with Crippen LogP contribution in [0.25, 0.3) is 0 Å². The zero-order chi connectivity index (χ0) is 17.6. The molecule has 1 fully saturated rings. The molecule has 0 unspecified atom stereocenters. The van der Waals surface area contributed by atoms with Gasteiger partial charge in [-0.2, -0.15) is 0 Å². The van der Waals surface area contributed by atoms with Crippen molar-refractivity contribution in [3.8, 4) is 0 Å². The van der Waals surface area contributed by atoms with Crippen molar-refractivity contribution in [1.29, 1.82) is 0 Å². The first-order valence-corrected chi connectivity index (χ1v) is 8.80. The summed E-state index contributed by atoms with van der Waals surface area (Å²) in [6.07, 6.45) is 5.77. The van der Waals surface area contributed by atoms with Gasteiger partial charge in [-0.1, -0.05) is 42.6 Å². The highest BCUT2D eigenvalue weighted by Gasteiger charge is 2.19. The second-order valence-electron chi connectivity index (χ2n) is 6.16. The Balaban J connectivity index is 1.63. The molecule has 0 aliphatic heterocycles. The molecule has 1 aliphatic rings. The molecule has 2 N–H and O–H groups in total. The summed E-state index contributed by atoms with van der Waals surface area (Å²) in [5.41, 5.74) is 1.50. The van der Waals surface area contributed by atoms with Crippen LogP contribution in [-0.4, -0.2) is 22.8 Å². The maximum Gasteiger partial charge on any atom is 0.270 e. The van der Waals surface area contributed by atoms with E-state index in [-0.39, 0.29) is 23.6 Å². The SMILES string of the molecule is O=C(NCc1ccccc1Cl)c1ccnc(C(=O)NC2CCCC2)c1. The van der Waals surface area contributed by atoms with E-state index >= 15 is 0 Å². The Morgan fingerprint density at radius 3 is 2.64 bits per heavy atom. The Morgan fingerprint density at radius 1 is 1.12 bits per heavy atom. The minimum absolute atomic E-state index is 0.215. The molecule has 1 saturated carbocycles. The fourth-order valence-electron chi connectivity index (χ4n) is 2.94. The lowest BCUT2D eigenvalue weighted by Crippen LogP contribution is -2.33. The molecular weight excluding hydrogens is 338 g/mol. The van der Waals surface area contributed by atoms with Crippen molar-refractivity contribution in [2.45, 2.75) is 38.3 Å². The van der Waals surface area contributed by atoms with Crippen molar-refractivity contribution in [2.24, 2.45) is 0 Å². The Hall–Kier alpha value is -2.40. The third kappa shape index (κ3) is 4.57. The van der Waals surface area contributed by atoms with Gasteiger partial charge >= 0.3 is 0 Å². The third-order valence-electron chi connectivity index (χ3n) is 4.34. The average Bonchev–Trinajstić information content (AvgIpc) is 3.14. The summed E-state index contributed by atoms with van der Waals surface area (Å²) in [5.74, 6) is -0.495. The largest absolute Gasteiger partial charge is 0.348 e. The summed E-state index contributed by atoms with van der Waals surface area (Å²) < 4.78 is 0. The summed E-state index contributed by atoms with van der Waals surface area (Å²) in [7, 11) is 0. The van der Waals surface area contributed by atoms with Crippen LogP contribution in [0.2, 0.25) is 5.02 Å². The fraction of sp³-hybridized carbons (Fsp3) is 0.316. The number of halogens is 1. The molecule has 0 bridgehead atoms. The van der Waals surface area contributed by atoms with E-state index in [1.165, 1.54) is 12.3 Å². The van der Waals surface area contributed by atoms with Crippen LogP contribution in [0.4, 0.5) is 0 Å². The van der Waals surface area contributed by atoms with Crippen molar-refractivity contribution in [3.63, 3.8) is 0 Å². The van der Waals surface area contributed by atoms with Crippen LogP contribution in [0.3, 0.4) is 0 Å². The summed E-state index contributed by atoms with van der Waals surface area (Å²) in [4.78, 5) is 28.7. The molecule has 25 heavy (non-hydrogen) atoms. The number of hydrogen-bond acceptors (Lipinski definition) is 3. The number of nitrogens with one attached hydrogen (secondary N) is 2. The molecule has 130 valence electrons. The number of benzene rings is 1. The summed E-state index contributed by atoms with van der Waals surface area (Å²) >= 11 is 6.09. The number of carbonyl (C=O) groups is 2. The second kappa shape index (κ2) is 8.12. The Morgan fingerprint density at radius 2 is 1.88 bits per heavy atom. The van der Waals surface area contributed by atoms with Crippen LogP contribution in [0.5, 0.6) is 0 Å². The van der Waals surface area contributed by atoms with Crippen molar-refractivity contribution in [2.75, 3.05) is 0 Å². The van der Waals surface area contributed by atoms with E-state index in [0.717, 1.165) is 31.2 Å². The first-order valence-electron chi connectivity index (χ1n) is 8.42. The summed E-state index contributed by atoms with van der Waals surface area (Å²) in [6.45, 7) is 0.324. The minimum Gasteiger partial charge on any atom is -0.348 e. The lowest BCUT2D eigenvalue weighted by molar-refractivity contribution is 0.0933. The second-order valence-corrected chi connectivity index (χ2v) is 6.57. The number of amides is 2. The molecule has 2 amide bonds. The highest BCUT2D eigenvalue weighted by atomic mass is 35.5. The van der Waals surface area contributed by atoms with Crippen molar-refractivity contribution < 1.29 is 9.59 Å². The highest BCUT2D eigenvalue weighted by Crippen LogP contribution is 2.18. The average molecular weight is 358 g/mol. The number of carbonyl (C=O) groups excluding carboxylic acids is 2. The van der Waals surface area contributed by atoms with Gasteiger partial charge in [0.05, 0.1) is 0 Å². The van der Waals surface area contributed by atoms with Crippen molar-refractivity contribution in [3.05, 3.63) is 64.4 Å². The molecule has 0 spiro atoms. The zero-order valence-corrected chi connectivity index (χ0v) is 14.6. The molecule has 2 aromatic rings. The number of hydrogen-bond donors (Lipinski definition) is 2. The van der Waals surface area contributed by atoms with Gasteiger partial charge in [0.15, 0.2) is 0 Å². The van der Waals surface area contributed by atoms with E-state index < -0.39 is 0 Å². The molecule has 1 heterocycles. The van der Waals surface area contributed by atoms with Crippen molar-refractivity contribution >= 4 is 23.4 Å². The molecule has 1 aliphatic carbocycles. The summed E-state index contributed by atoms with van der Waals surface area (Å²) in [6, 6.07) is 10.7. The lowest BCUT2D eigenvalue weighted by atomic mass is 10.1. The van der Waals surface area contributed by atoms with Crippen LogP contribution < -0.4 is 10.6 Å². The number of rotatable bonds is 5. The smallest absolute Gasteiger partial charge is 0.270 e. The maximum absolute atomic E-state index is 12.3. The molecule has 0 saturated heterocycles. The van der Waals surface area contributed by atoms with Gasteiger partial charge in [-0.15, -0.1) is 0 Å². The molecule has 1 aromatic heterocycles. The predicted molar refractivity (Wildman–Crippen MR) is 96.6 cm³/mol. The van der Waals surface area contributed by atoms with Crippen LogP contribution >= 0.6 is 11.6 Å². The molecule has 3 rings (SSSR count). The monoisotopic (exact) mass is 357 g/mol. The van der Waals surface area contributed by atoms with Gasteiger partial charge in [0.2, 0.25) is 0 Å². The van der Waals surface area contributed by atoms with Crippen LogP contribution in [-0.2, 0) is 6.54 Å². The Bertz CT molecular complexity index is 773. The van der Waals surface area contributed by atoms with Gasteiger partial charge in [0, 0.05) is 29.4 Å². The summed E-state index contributed by atoms with van der Waals surface area (Å²) in [5, 5.41) is 6.39. The van der Waals surface area contributed by atoms with Crippen LogP contribution in [0.1, 0.15) is 52.1 Å². The maximum atomic E-state index is 12.3. The third-order valence-corrected chi connectivity index (χ3v) is 4.71. The van der Waals surface area contributed by atoms with Gasteiger partial charge in [-0.3, -0.25) is 14.6 Å². The van der Waals surface area contributed by atoms with E-state index in [2.05, 4.69) is 15.6 Å². The highest BCUT2D eigenvalue weighted by molar-refractivity contribution is 6.31. The van der Waals surface area contributed by atoms with E-state index in [0.29, 0.717) is 17.1 Å². The standard InChI is InChI=1S/C19H20ClN3O2/c20-16-8-4-1-5-14(16)12-22-18(24)13-9-10-21-17(11-13)19(25)23-15-6-2-3-7-15/h1,4-5,8-11,15H,2-3,6-7,12H2,(H,22,24)(H,23,25). The lowest BCUT2D eigenvalue weighted by Gasteiger charge is -2.12. The predicted octanol–water partition coefficient (Wildman–Crippen LogP) is 3.34. The van der Waals surface area contributed by atoms with Gasteiger partial charge in [-0.25, -0.2) is 0 Å². The van der Waals surface area contributed by atoms with Crippen LogP contribution in [0, 0.1) is 0 Å². The fourth-order valence-corrected chi connectivity index (χ4v) is 3.15. The van der Waals surface area contributed by atoms with Gasteiger partial charge in [0.1, 0.15) is 5.69 Å². The topological polar surface area (TPSA) is 71.1 Å². The molecule has 1 aromatic carbocycles. The first-order chi connectivity index (χ1) is 12.1. The zero-order valence-electron chi connectivity index (χ0n) is 13.8. The van der Waals surface area contributed by atoms with Crippen LogP contribution in [0.15, 0.2) is 42.6 Å². The van der Waals surface area contributed by atoms with E-state index in [9.17, 15) is 9.59 Å². The molecular formula is C19H20ClN3O2. The van der Waals surface area contributed by atoms with Gasteiger partial charge in [-0.05, 0) is 36.6 Å².